The van der Waals surface area contributed by atoms with Crippen LogP contribution in [0.4, 0.5) is 0 Å². The van der Waals surface area contributed by atoms with Crippen LogP contribution in [0.15, 0.2) is 24.3 Å². The minimum atomic E-state index is 0.728. The predicted molar refractivity (Wildman–Crippen MR) is 84.4 cm³/mol. The normalized spacial score (nSPS) is 28.5. The van der Waals surface area contributed by atoms with Gasteiger partial charge in [0.05, 0.1) is 0 Å². The third-order valence-electron chi connectivity index (χ3n) is 4.69. The van der Waals surface area contributed by atoms with E-state index in [2.05, 4.69) is 36.1 Å². The van der Waals surface area contributed by atoms with E-state index in [9.17, 15) is 0 Å². The highest BCUT2D eigenvalue weighted by molar-refractivity contribution is 5.08. The van der Waals surface area contributed by atoms with E-state index in [1.54, 1.807) is 0 Å². The van der Waals surface area contributed by atoms with Crippen LogP contribution in [0.25, 0.3) is 0 Å². The first kappa shape index (κ1) is 14.8. The van der Waals surface area contributed by atoms with Crippen molar-refractivity contribution in [2.75, 3.05) is 6.54 Å². The number of piperidine rings is 1. The molecule has 0 spiro atoms. The Hall–Kier alpha value is -0.560. The molecule has 1 nitrogen and oxygen atoms in total. The van der Waals surface area contributed by atoms with Crippen molar-refractivity contribution in [2.45, 2.75) is 83.2 Å². The molecule has 0 aromatic heterocycles. The molecule has 0 bridgehead atoms. The summed E-state index contributed by atoms with van der Waals surface area (Å²) in [4.78, 5) is 2.75. The largest absolute Gasteiger partial charge is 0.294 e. The molecule has 2 rings (SSSR count). The van der Waals surface area contributed by atoms with E-state index in [0.717, 1.165) is 12.1 Å². The number of fused-ring (bicyclic) bond motifs is 1. The van der Waals surface area contributed by atoms with Gasteiger partial charge in [-0.1, -0.05) is 56.9 Å². The van der Waals surface area contributed by atoms with Gasteiger partial charge < -0.3 is 0 Å². The third kappa shape index (κ3) is 4.80. The Kier molecular flexibility index (Phi) is 6.70. The van der Waals surface area contributed by atoms with Crippen LogP contribution in [-0.2, 0) is 0 Å². The van der Waals surface area contributed by atoms with Gasteiger partial charge in [-0.05, 0) is 45.1 Å². The van der Waals surface area contributed by atoms with Gasteiger partial charge in [0.15, 0.2) is 0 Å². The highest BCUT2D eigenvalue weighted by Gasteiger charge is 2.32. The highest BCUT2D eigenvalue weighted by atomic mass is 15.2. The molecule has 2 atom stereocenters. The van der Waals surface area contributed by atoms with Gasteiger partial charge >= 0.3 is 0 Å². The number of hydrogen-bond donors (Lipinski definition) is 0. The Balaban J connectivity index is 1.65. The molecule has 0 aromatic carbocycles. The topological polar surface area (TPSA) is 3.24 Å². The van der Waals surface area contributed by atoms with Crippen LogP contribution in [0, 0.1) is 0 Å². The average molecular weight is 261 g/mol. The summed E-state index contributed by atoms with van der Waals surface area (Å²) in [6.07, 6.45) is 23.2. The van der Waals surface area contributed by atoms with Gasteiger partial charge in [-0.15, -0.1) is 0 Å². The molecule has 0 aromatic rings. The van der Waals surface area contributed by atoms with Crippen LogP contribution < -0.4 is 0 Å². The van der Waals surface area contributed by atoms with Crippen molar-refractivity contribution in [1.82, 2.24) is 4.90 Å². The summed E-state index contributed by atoms with van der Waals surface area (Å²) in [6, 6.07) is 1.63. The fourth-order valence-corrected chi connectivity index (χ4v) is 3.60. The second-order valence-electron chi connectivity index (χ2n) is 6.19. The molecular weight excluding hydrogens is 230 g/mol. The SMILES string of the molecule is CCCCCCC=CC=C[C@@H]1CCC[C@@H]2CCCN21. The van der Waals surface area contributed by atoms with E-state index in [1.165, 1.54) is 70.8 Å². The van der Waals surface area contributed by atoms with Crippen LogP contribution in [0.3, 0.4) is 0 Å². The van der Waals surface area contributed by atoms with E-state index in [4.69, 9.17) is 0 Å². The number of unbranched alkanes of at least 4 members (excludes halogenated alkanes) is 4. The summed E-state index contributed by atoms with van der Waals surface area (Å²) in [5.41, 5.74) is 0. The second-order valence-corrected chi connectivity index (χ2v) is 6.19. The fraction of sp³-hybridized carbons (Fsp3) is 0.778. The fourth-order valence-electron chi connectivity index (χ4n) is 3.60. The second kappa shape index (κ2) is 8.58. The number of nitrogens with zero attached hydrogens (tertiary/aromatic N) is 1. The van der Waals surface area contributed by atoms with E-state index < -0.39 is 0 Å². The Bertz CT molecular complexity index is 292. The lowest BCUT2D eigenvalue weighted by Crippen LogP contribution is -2.41. The molecule has 0 amide bonds. The zero-order valence-corrected chi connectivity index (χ0v) is 12.7. The third-order valence-corrected chi connectivity index (χ3v) is 4.69. The number of rotatable bonds is 7. The lowest BCUT2D eigenvalue weighted by atomic mass is 9.96. The molecule has 1 heteroatoms. The quantitative estimate of drug-likeness (QED) is 0.456. The Morgan fingerprint density at radius 1 is 1.00 bits per heavy atom. The lowest BCUT2D eigenvalue weighted by molar-refractivity contribution is 0.153. The minimum Gasteiger partial charge on any atom is -0.294 e. The van der Waals surface area contributed by atoms with E-state index in [0.29, 0.717) is 0 Å². The standard InChI is InChI=1S/C18H31N/c1-2-3-4-5-6-7-8-9-12-17-13-10-14-18-15-11-16-19(17)18/h7-9,12,17-18H,2-6,10-11,13-16H2,1H3/t17-,18-/m1/s1. The summed E-state index contributed by atoms with van der Waals surface area (Å²) in [6.45, 7) is 3.61. The predicted octanol–water partition coefficient (Wildman–Crippen LogP) is 5.09. The highest BCUT2D eigenvalue weighted by Crippen LogP contribution is 2.31. The van der Waals surface area contributed by atoms with Gasteiger partial charge in [0.2, 0.25) is 0 Å². The average Bonchev–Trinajstić information content (AvgIpc) is 2.91. The Morgan fingerprint density at radius 3 is 2.79 bits per heavy atom. The molecule has 2 heterocycles. The minimum absolute atomic E-state index is 0.728. The van der Waals surface area contributed by atoms with Gasteiger partial charge in [-0.3, -0.25) is 4.90 Å². The van der Waals surface area contributed by atoms with E-state index >= 15 is 0 Å². The molecule has 2 fully saturated rings. The molecule has 19 heavy (non-hydrogen) atoms. The molecule has 108 valence electrons. The first-order valence-corrected chi connectivity index (χ1v) is 8.51. The van der Waals surface area contributed by atoms with Crippen LogP contribution in [0.2, 0.25) is 0 Å². The maximum atomic E-state index is 2.75. The van der Waals surface area contributed by atoms with Gasteiger partial charge in [0, 0.05) is 12.1 Å². The molecule has 0 N–H and O–H groups in total. The first-order chi connectivity index (χ1) is 9.42. The van der Waals surface area contributed by atoms with E-state index in [-0.39, 0.29) is 0 Å². The first-order valence-electron chi connectivity index (χ1n) is 8.51. The van der Waals surface area contributed by atoms with Crippen molar-refractivity contribution in [3.05, 3.63) is 24.3 Å². The summed E-state index contributed by atoms with van der Waals surface area (Å²) < 4.78 is 0. The summed E-state index contributed by atoms with van der Waals surface area (Å²) in [7, 11) is 0. The Morgan fingerprint density at radius 2 is 1.89 bits per heavy atom. The molecule has 2 saturated heterocycles. The maximum Gasteiger partial charge on any atom is 0.0284 e. The van der Waals surface area contributed by atoms with Crippen molar-refractivity contribution in [3.63, 3.8) is 0 Å². The summed E-state index contributed by atoms with van der Waals surface area (Å²) in [5, 5.41) is 0. The molecule has 0 aliphatic carbocycles. The van der Waals surface area contributed by atoms with Crippen molar-refractivity contribution >= 4 is 0 Å². The summed E-state index contributed by atoms with van der Waals surface area (Å²) >= 11 is 0. The maximum absolute atomic E-state index is 2.75. The number of hydrogen-bond acceptors (Lipinski definition) is 1. The van der Waals surface area contributed by atoms with Crippen LogP contribution in [0.1, 0.15) is 71.1 Å². The molecule has 2 aliphatic heterocycles. The molecule has 0 saturated carbocycles. The Labute approximate surface area is 119 Å². The lowest BCUT2D eigenvalue weighted by Gasteiger charge is -2.36. The van der Waals surface area contributed by atoms with Crippen molar-refractivity contribution in [2.24, 2.45) is 0 Å². The van der Waals surface area contributed by atoms with Crippen LogP contribution in [0.5, 0.6) is 0 Å². The van der Waals surface area contributed by atoms with Crippen molar-refractivity contribution in [1.29, 1.82) is 0 Å². The number of allylic oxidation sites excluding steroid dienone is 3. The van der Waals surface area contributed by atoms with E-state index in [1.807, 2.05) is 0 Å². The molecule has 2 aliphatic rings. The zero-order chi connectivity index (χ0) is 13.3. The van der Waals surface area contributed by atoms with Gasteiger partial charge in [0.25, 0.3) is 0 Å². The van der Waals surface area contributed by atoms with Crippen molar-refractivity contribution < 1.29 is 0 Å². The van der Waals surface area contributed by atoms with Gasteiger partial charge in [-0.2, -0.15) is 0 Å². The molecule has 0 unspecified atom stereocenters. The van der Waals surface area contributed by atoms with Gasteiger partial charge in [0.1, 0.15) is 0 Å². The monoisotopic (exact) mass is 261 g/mol. The molecular formula is C18H31N. The zero-order valence-electron chi connectivity index (χ0n) is 12.7. The van der Waals surface area contributed by atoms with Crippen molar-refractivity contribution in [3.8, 4) is 0 Å². The van der Waals surface area contributed by atoms with Crippen LogP contribution in [-0.4, -0.2) is 23.5 Å². The molecule has 0 radical (unpaired) electrons. The smallest absolute Gasteiger partial charge is 0.0284 e. The van der Waals surface area contributed by atoms with Gasteiger partial charge in [-0.25, -0.2) is 0 Å². The van der Waals surface area contributed by atoms with Crippen LogP contribution >= 0.6 is 0 Å². The summed E-state index contributed by atoms with van der Waals surface area (Å²) in [5.74, 6) is 0.